The number of likely N-dealkylation sites (tertiary alicyclic amines) is 1. The Labute approximate surface area is 130 Å². The van der Waals surface area contributed by atoms with E-state index >= 15 is 0 Å². The van der Waals surface area contributed by atoms with Crippen LogP contribution in [0.15, 0.2) is 0 Å². The van der Waals surface area contributed by atoms with Crippen LogP contribution in [0.5, 0.6) is 0 Å². The van der Waals surface area contributed by atoms with Gasteiger partial charge in [-0.1, -0.05) is 32.6 Å². The lowest BCUT2D eigenvalue weighted by atomic mass is 9.91. The number of hydrogen-bond donors (Lipinski definition) is 2. The van der Waals surface area contributed by atoms with Gasteiger partial charge in [-0.05, 0) is 13.3 Å². The molecule has 1 aliphatic heterocycles. The van der Waals surface area contributed by atoms with Crippen molar-refractivity contribution in [1.82, 2.24) is 10.2 Å². The quantitative estimate of drug-likeness (QED) is 0.735. The predicted molar refractivity (Wildman–Crippen MR) is 78.6 cm³/mol. The second kappa shape index (κ2) is 8.04. The largest absolute Gasteiger partial charge is 0.417 e. The Hall–Kier alpha value is -0.980. The first-order valence-corrected chi connectivity index (χ1v) is 8.04. The van der Waals surface area contributed by atoms with Crippen molar-refractivity contribution in [3.8, 4) is 0 Å². The summed E-state index contributed by atoms with van der Waals surface area (Å²) in [7, 11) is 0. The van der Waals surface area contributed by atoms with Crippen molar-refractivity contribution in [2.45, 2.75) is 76.6 Å². The monoisotopic (exact) mass is 324 g/mol. The highest BCUT2D eigenvalue weighted by Crippen LogP contribution is 2.38. The molecule has 0 saturated carbocycles. The summed E-state index contributed by atoms with van der Waals surface area (Å²) in [5, 5.41) is 12.4. The van der Waals surface area contributed by atoms with Crippen LogP contribution >= 0.6 is 0 Å². The van der Waals surface area contributed by atoms with Crippen LogP contribution in [0, 0.1) is 0 Å². The van der Waals surface area contributed by atoms with Gasteiger partial charge in [-0.25, -0.2) is 4.79 Å². The van der Waals surface area contributed by atoms with Crippen molar-refractivity contribution < 1.29 is 23.1 Å². The molecule has 4 nitrogen and oxygen atoms in total. The van der Waals surface area contributed by atoms with E-state index in [1.807, 2.05) is 6.92 Å². The lowest BCUT2D eigenvalue weighted by molar-refractivity contribution is -0.271. The summed E-state index contributed by atoms with van der Waals surface area (Å²) in [5.41, 5.74) is -2.66. The third-order valence-electron chi connectivity index (χ3n) is 4.27. The van der Waals surface area contributed by atoms with Crippen LogP contribution < -0.4 is 5.32 Å². The molecule has 1 atom stereocenters. The number of aliphatic hydroxyl groups is 1. The first-order valence-electron chi connectivity index (χ1n) is 8.04. The van der Waals surface area contributed by atoms with Crippen LogP contribution in [-0.4, -0.2) is 46.9 Å². The van der Waals surface area contributed by atoms with Gasteiger partial charge in [0, 0.05) is 32.0 Å². The maximum Gasteiger partial charge on any atom is 0.417 e. The molecular formula is C15H27F3N2O2. The summed E-state index contributed by atoms with van der Waals surface area (Å²) in [6.45, 7) is 3.87. The van der Waals surface area contributed by atoms with Gasteiger partial charge >= 0.3 is 12.2 Å². The number of hydrogen-bond acceptors (Lipinski definition) is 2. The fraction of sp³-hybridized carbons (Fsp3) is 0.933. The predicted octanol–water partition coefficient (Wildman–Crippen LogP) is 3.44. The average Bonchev–Trinajstić information content (AvgIpc) is 2.43. The molecule has 1 saturated heterocycles. The Kier molecular flexibility index (Phi) is 6.97. The van der Waals surface area contributed by atoms with E-state index in [1.54, 1.807) is 0 Å². The van der Waals surface area contributed by atoms with Gasteiger partial charge in [0.15, 0.2) is 5.60 Å². The number of nitrogens with zero attached hydrogens (tertiary/aromatic N) is 1. The zero-order valence-corrected chi connectivity index (χ0v) is 13.4. The summed E-state index contributed by atoms with van der Waals surface area (Å²) >= 11 is 0. The number of carbonyl (C=O) groups excluding carboxylic acids is 1. The van der Waals surface area contributed by atoms with Gasteiger partial charge in [-0.15, -0.1) is 0 Å². The molecule has 130 valence electrons. The summed E-state index contributed by atoms with van der Waals surface area (Å²) in [6.07, 6.45) is -0.223. The van der Waals surface area contributed by atoms with Crippen LogP contribution in [0.1, 0.15) is 58.8 Å². The van der Waals surface area contributed by atoms with Gasteiger partial charge in [0.2, 0.25) is 0 Å². The molecule has 0 aromatic heterocycles. The molecule has 0 aromatic carbocycles. The molecule has 0 bridgehead atoms. The van der Waals surface area contributed by atoms with E-state index in [1.165, 1.54) is 11.3 Å². The molecule has 1 fully saturated rings. The minimum Gasteiger partial charge on any atom is -0.380 e. The molecule has 0 aliphatic carbocycles. The standard InChI is InChI=1S/C15H27F3N2O2/c1-3-4-5-6-7-12(2)19-13(21)20-10-8-14(22,9-11-20)15(16,17)18/h12,22H,3-11H2,1-2H3,(H,19,21). The van der Waals surface area contributed by atoms with Crippen molar-refractivity contribution in [3.63, 3.8) is 0 Å². The second-order valence-corrected chi connectivity index (χ2v) is 6.22. The lowest BCUT2D eigenvalue weighted by Crippen LogP contribution is -2.56. The molecule has 2 amide bonds. The van der Waals surface area contributed by atoms with Crippen molar-refractivity contribution in [1.29, 1.82) is 0 Å². The molecule has 1 rings (SSSR count). The molecule has 2 N–H and O–H groups in total. The van der Waals surface area contributed by atoms with Gasteiger partial charge in [-0.2, -0.15) is 13.2 Å². The van der Waals surface area contributed by atoms with Crippen LogP contribution in [0.4, 0.5) is 18.0 Å². The molecule has 1 heterocycles. The zero-order valence-electron chi connectivity index (χ0n) is 13.4. The molecule has 0 aromatic rings. The minimum atomic E-state index is -4.64. The number of unbranched alkanes of at least 4 members (excludes halogenated alkanes) is 3. The number of amides is 2. The Bertz CT molecular complexity index is 353. The molecule has 0 spiro atoms. The molecule has 1 unspecified atom stereocenters. The maximum atomic E-state index is 12.7. The third-order valence-corrected chi connectivity index (χ3v) is 4.27. The number of carbonyl (C=O) groups is 1. The Morgan fingerprint density at radius 1 is 1.27 bits per heavy atom. The summed E-state index contributed by atoms with van der Waals surface area (Å²) < 4.78 is 38.1. The van der Waals surface area contributed by atoms with E-state index in [0.29, 0.717) is 0 Å². The summed E-state index contributed by atoms with van der Waals surface area (Å²) in [5.74, 6) is 0. The van der Waals surface area contributed by atoms with Crippen LogP contribution in [0.3, 0.4) is 0 Å². The zero-order chi connectivity index (χ0) is 16.8. The fourth-order valence-electron chi connectivity index (χ4n) is 2.61. The van der Waals surface area contributed by atoms with Crippen molar-refractivity contribution >= 4 is 6.03 Å². The normalized spacial score (nSPS) is 19.8. The van der Waals surface area contributed by atoms with Gasteiger partial charge in [0.05, 0.1) is 0 Å². The van der Waals surface area contributed by atoms with E-state index in [0.717, 1.165) is 25.7 Å². The SMILES string of the molecule is CCCCCCC(C)NC(=O)N1CCC(O)(C(F)(F)F)CC1. The highest BCUT2D eigenvalue weighted by molar-refractivity contribution is 5.74. The van der Waals surface area contributed by atoms with E-state index in [4.69, 9.17) is 0 Å². The van der Waals surface area contributed by atoms with Gasteiger partial charge in [0.25, 0.3) is 0 Å². The van der Waals surface area contributed by atoms with Gasteiger partial charge in [-0.3, -0.25) is 0 Å². The average molecular weight is 324 g/mol. The number of urea groups is 1. The van der Waals surface area contributed by atoms with Crippen LogP contribution in [0.2, 0.25) is 0 Å². The number of halogens is 3. The molecule has 1 aliphatic rings. The summed E-state index contributed by atoms with van der Waals surface area (Å²) in [4.78, 5) is 13.4. The topological polar surface area (TPSA) is 52.6 Å². The van der Waals surface area contributed by atoms with Crippen molar-refractivity contribution in [2.75, 3.05) is 13.1 Å². The van der Waals surface area contributed by atoms with E-state index < -0.39 is 24.6 Å². The molecule has 22 heavy (non-hydrogen) atoms. The smallest absolute Gasteiger partial charge is 0.380 e. The fourth-order valence-corrected chi connectivity index (χ4v) is 2.61. The molecule has 7 heteroatoms. The van der Waals surface area contributed by atoms with Crippen LogP contribution in [-0.2, 0) is 0 Å². The number of alkyl halides is 3. The number of rotatable bonds is 6. The molecule has 0 radical (unpaired) electrons. The Balaban J connectivity index is 2.33. The maximum absolute atomic E-state index is 12.7. The highest BCUT2D eigenvalue weighted by atomic mass is 19.4. The third kappa shape index (κ3) is 5.34. The van der Waals surface area contributed by atoms with Gasteiger partial charge in [0.1, 0.15) is 0 Å². The minimum absolute atomic E-state index is 0.00721. The number of nitrogens with one attached hydrogen (secondary N) is 1. The van der Waals surface area contributed by atoms with Gasteiger partial charge < -0.3 is 15.3 Å². The lowest BCUT2D eigenvalue weighted by Gasteiger charge is -2.39. The summed E-state index contributed by atoms with van der Waals surface area (Å²) in [6, 6.07) is -0.333. The van der Waals surface area contributed by atoms with E-state index in [-0.39, 0.29) is 25.2 Å². The second-order valence-electron chi connectivity index (χ2n) is 6.22. The Morgan fingerprint density at radius 3 is 2.36 bits per heavy atom. The highest BCUT2D eigenvalue weighted by Gasteiger charge is 2.54. The van der Waals surface area contributed by atoms with Crippen molar-refractivity contribution in [3.05, 3.63) is 0 Å². The Morgan fingerprint density at radius 2 is 1.86 bits per heavy atom. The molecular weight excluding hydrogens is 297 g/mol. The number of piperidine rings is 1. The first kappa shape index (κ1) is 19.1. The van der Waals surface area contributed by atoms with Crippen LogP contribution in [0.25, 0.3) is 0 Å². The van der Waals surface area contributed by atoms with Crippen molar-refractivity contribution in [2.24, 2.45) is 0 Å². The van der Waals surface area contributed by atoms with E-state index in [2.05, 4.69) is 12.2 Å². The first-order chi connectivity index (χ1) is 10.2. The van der Waals surface area contributed by atoms with E-state index in [9.17, 15) is 23.1 Å².